The Morgan fingerprint density at radius 1 is 1.28 bits per heavy atom. The summed E-state index contributed by atoms with van der Waals surface area (Å²) in [5.41, 5.74) is 0. The Kier molecular flexibility index (Phi) is 9.54. The van der Waals surface area contributed by atoms with E-state index in [2.05, 4.69) is 52.0 Å². The number of hydrogen-bond donors (Lipinski definition) is 2. The van der Waals surface area contributed by atoms with Crippen LogP contribution in [0.3, 0.4) is 0 Å². The highest BCUT2D eigenvalue weighted by Gasteiger charge is 2.31. The van der Waals surface area contributed by atoms with Crippen molar-refractivity contribution in [1.29, 1.82) is 0 Å². The first kappa shape index (κ1) is 25.2. The summed E-state index contributed by atoms with van der Waals surface area (Å²) in [6, 6.07) is 8.16. The Morgan fingerprint density at radius 3 is 2.91 bits per heavy atom. The summed E-state index contributed by atoms with van der Waals surface area (Å²) in [5, 5.41) is 9.13. The molecule has 2 saturated heterocycles. The van der Waals surface area contributed by atoms with Crippen LogP contribution in [0.4, 0.5) is 10.2 Å². The van der Waals surface area contributed by atoms with Crippen LogP contribution in [-0.4, -0.2) is 61.7 Å². The minimum Gasteiger partial charge on any atom is -0.357 e. The molecule has 0 aromatic carbocycles. The molecule has 2 aromatic heterocycles. The highest BCUT2D eigenvalue weighted by molar-refractivity contribution is 14.0. The molecule has 0 aliphatic carbocycles. The third kappa shape index (κ3) is 6.11. The SMILES string of the molecule is CCNC(=NCC1CCCN(C)C1c1cccs1)NC1CCN(c2ncccc2F)C1.I. The zero-order valence-corrected chi connectivity index (χ0v) is 22.0. The lowest BCUT2D eigenvalue weighted by molar-refractivity contribution is 0.128. The second kappa shape index (κ2) is 12.1. The molecule has 0 radical (unpaired) electrons. The number of hydrogen-bond acceptors (Lipinski definition) is 5. The fourth-order valence-corrected chi connectivity index (χ4v) is 5.75. The normalized spacial score (nSPS) is 24.3. The van der Waals surface area contributed by atoms with Crippen LogP contribution in [0.2, 0.25) is 0 Å². The molecule has 3 atom stereocenters. The highest BCUT2D eigenvalue weighted by Crippen LogP contribution is 2.37. The van der Waals surface area contributed by atoms with E-state index in [1.807, 2.05) is 16.2 Å². The molecule has 2 aliphatic rings. The number of anilines is 1. The Morgan fingerprint density at radius 2 is 2.16 bits per heavy atom. The van der Waals surface area contributed by atoms with Gasteiger partial charge < -0.3 is 15.5 Å². The van der Waals surface area contributed by atoms with Crippen LogP contribution in [-0.2, 0) is 0 Å². The molecule has 6 nitrogen and oxygen atoms in total. The summed E-state index contributed by atoms with van der Waals surface area (Å²) in [7, 11) is 2.23. The molecule has 2 aromatic rings. The topological polar surface area (TPSA) is 55.8 Å². The monoisotopic (exact) mass is 572 g/mol. The largest absolute Gasteiger partial charge is 0.357 e. The molecular weight excluding hydrogens is 538 g/mol. The molecule has 3 unspecified atom stereocenters. The quantitative estimate of drug-likeness (QED) is 0.310. The Labute approximate surface area is 211 Å². The van der Waals surface area contributed by atoms with Gasteiger partial charge in [-0.3, -0.25) is 9.89 Å². The van der Waals surface area contributed by atoms with Crippen molar-refractivity contribution in [3.05, 3.63) is 46.5 Å². The van der Waals surface area contributed by atoms with Crippen LogP contribution < -0.4 is 15.5 Å². The first-order valence-electron chi connectivity index (χ1n) is 11.3. The number of piperidine rings is 1. The molecule has 2 aliphatic heterocycles. The minimum atomic E-state index is -0.259. The number of aliphatic imine (C=N–C) groups is 1. The number of rotatable bonds is 6. The molecule has 9 heteroatoms. The smallest absolute Gasteiger partial charge is 0.191 e. The lowest BCUT2D eigenvalue weighted by atomic mass is 9.88. The van der Waals surface area contributed by atoms with Crippen molar-refractivity contribution >= 4 is 47.1 Å². The van der Waals surface area contributed by atoms with Crippen LogP contribution in [0.1, 0.15) is 37.1 Å². The molecule has 0 spiro atoms. The molecule has 0 amide bonds. The maximum absolute atomic E-state index is 14.1. The second-order valence-electron chi connectivity index (χ2n) is 8.45. The van der Waals surface area contributed by atoms with Gasteiger partial charge in [0.2, 0.25) is 0 Å². The van der Waals surface area contributed by atoms with Gasteiger partial charge in [-0.15, -0.1) is 35.3 Å². The van der Waals surface area contributed by atoms with Crippen molar-refractivity contribution in [2.75, 3.05) is 44.7 Å². The lowest BCUT2D eigenvalue weighted by Crippen LogP contribution is -2.45. The number of thiophene rings is 1. The van der Waals surface area contributed by atoms with Crippen molar-refractivity contribution < 1.29 is 4.39 Å². The average molecular weight is 573 g/mol. The number of likely N-dealkylation sites (tertiary alicyclic amines) is 1. The van der Waals surface area contributed by atoms with Gasteiger partial charge in [-0.25, -0.2) is 9.37 Å². The van der Waals surface area contributed by atoms with Crippen molar-refractivity contribution in [3.63, 3.8) is 0 Å². The van der Waals surface area contributed by atoms with E-state index >= 15 is 0 Å². The standard InChI is InChI=1S/C23H33FN6S.HI/c1-3-25-23(28-18-10-13-30(16-18)22-19(24)8-4-11-26-22)27-15-17-7-5-12-29(2)21(17)20-9-6-14-31-20;/h4,6,8-9,11,14,17-18,21H,3,5,7,10,12-13,15-16H2,1-2H3,(H2,25,27,28);1H. The molecule has 0 saturated carbocycles. The van der Waals surface area contributed by atoms with Crippen molar-refractivity contribution in [2.24, 2.45) is 10.9 Å². The van der Waals surface area contributed by atoms with Crippen LogP contribution in [0.5, 0.6) is 0 Å². The number of nitrogens with one attached hydrogen (secondary N) is 2. The van der Waals surface area contributed by atoms with E-state index in [0.717, 1.165) is 45.1 Å². The van der Waals surface area contributed by atoms with E-state index in [0.29, 0.717) is 17.8 Å². The highest BCUT2D eigenvalue weighted by atomic mass is 127. The molecule has 0 bridgehead atoms. The number of guanidine groups is 1. The van der Waals surface area contributed by atoms with E-state index < -0.39 is 0 Å². The third-order valence-corrected chi connectivity index (χ3v) is 7.18. The summed E-state index contributed by atoms with van der Waals surface area (Å²) in [4.78, 5) is 15.1. The van der Waals surface area contributed by atoms with Crippen LogP contribution in [0.25, 0.3) is 0 Å². The predicted molar refractivity (Wildman–Crippen MR) is 142 cm³/mol. The van der Waals surface area contributed by atoms with Crippen molar-refractivity contribution in [2.45, 2.75) is 38.3 Å². The Bertz CT molecular complexity index is 864. The summed E-state index contributed by atoms with van der Waals surface area (Å²) >= 11 is 1.84. The van der Waals surface area contributed by atoms with Crippen molar-refractivity contribution in [1.82, 2.24) is 20.5 Å². The third-order valence-electron chi connectivity index (χ3n) is 6.24. The second-order valence-corrected chi connectivity index (χ2v) is 9.43. The number of halogens is 2. The van der Waals surface area contributed by atoms with Crippen LogP contribution >= 0.6 is 35.3 Å². The number of pyridine rings is 1. The van der Waals surface area contributed by atoms with E-state index in [-0.39, 0.29) is 35.8 Å². The molecule has 176 valence electrons. The maximum atomic E-state index is 14.1. The Hall–Kier alpha value is -1.46. The predicted octanol–water partition coefficient (Wildman–Crippen LogP) is 4.12. The molecule has 4 heterocycles. The average Bonchev–Trinajstić information content (AvgIpc) is 3.45. The van der Waals surface area contributed by atoms with E-state index in [1.165, 1.54) is 23.8 Å². The van der Waals surface area contributed by atoms with Gasteiger partial charge in [-0.2, -0.15) is 0 Å². The van der Waals surface area contributed by atoms with Gasteiger partial charge in [0.15, 0.2) is 17.6 Å². The number of nitrogens with zero attached hydrogens (tertiary/aromatic N) is 4. The lowest BCUT2D eigenvalue weighted by Gasteiger charge is -2.38. The molecule has 2 fully saturated rings. The summed E-state index contributed by atoms with van der Waals surface area (Å²) < 4.78 is 14.1. The minimum absolute atomic E-state index is 0. The van der Waals surface area contributed by atoms with Gasteiger partial charge >= 0.3 is 0 Å². The first-order chi connectivity index (χ1) is 15.2. The van der Waals surface area contributed by atoms with E-state index in [9.17, 15) is 4.39 Å². The zero-order valence-electron chi connectivity index (χ0n) is 18.8. The van der Waals surface area contributed by atoms with Gasteiger partial charge in [0.05, 0.1) is 0 Å². The summed E-state index contributed by atoms with van der Waals surface area (Å²) in [5.74, 6) is 1.55. The zero-order chi connectivity index (χ0) is 21.6. The molecule has 32 heavy (non-hydrogen) atoms. The van der Waals surface area contributed by atoms with Crippen LogP contribution in [0.15, 0.2) is 40.8 Å². The fraction of sp³-hybridized carbons (Fsp3) is 0.565. The van der Waals surface area contributed by atoms with Crippen LogP contribution in [0, 0.1) is 11.7 Å². The fourth-order valence-electron chi connectivity index (χ4n) is 4.76. The van der Waals surface area contributed by atoms with E-state index in [4.69, 9.17) is 4.99 Å². The van der Waals surface area contributed by atoms with Gasteiger partial charge in [-0.05, 0) is 69.3 Å². The number of aromatic nitrogens is 1. The van der Waals surface area contributed by atoms with Gasteiger partial charge in [-0.1, -0.05) is 6.07 Å². The summed E-state index contributed by atoms with van der Waals surface area (Å²) in [6.07, 6.45) is 5.00. The maximum Gasteiger partial charge on any atom is 0.191 e. The van der Waals surface area contributed by atoms with Gasteiger partial charge in [0.1, 0.15) is 0 Å². The molecule has 2 N–H and O–H groups in total. The van der Waals surface area contributed by atoms with Gasteiger partial charge in [0, 0.05) is 49.3 Å². The summed E-state index contributed by atoms with van der Waals surface area (Å²) in [6.45, 7) is 6.36. The molecule has 4 rings (SSSR count). The van der Waals surface area contributed by atoms with Gasteiger partial charge in [0.25, 0.3) is 0 Å². The first-order valence-corrected chi connectivity index (χ1v) is 12.2. The van der Waals surface area contributed by atoms with Crippen molar-refractivity contribution in [3.8, 4) is 0 Å². The van der Waals surface area contributed by atoms with E-state index in [1.54, 1.807) is 12.3 Å². The Balaban J connectivity index is 0.00000289. The molecular formula is C23H34FIN6S.